The van der Waals surface area contributed by atoms with Crippen molar-refractivity contribution in [2.75, 3.05) is 26.3 Å². The van der Waals surface area contributed by atoms with Gasteiger partial charge < -0.3 is 30.7 Å². The van der Waals surface area contributed by atoms with Gasteiger partial charge >= 0.3 is 11.9 Å². The molecule has 2 aliphatic heterocycles. The van der Waals surface area contributed by atoms with E-state index in [0.29, 0.717) is 38.5 Å². The summed E-state index contributed by atoms with van der Waals surface area (Å²) in [5.41, 5.74) is 0. The Kier molecular flexibility index (Phi) is 10.1. The lowest BCUT2D eigenvalue weighted by Gasteiger charge is -2.10. The molecular formula is C20H28N4O8. The molecule has 12 heteroatoms. The van der Waals surface area contributed by atoms with Crippen molar-refractivity contribution >= 4 is 35.6 Å². The first-order valence-electron chi connectivity index (χ1n) is 10.5. The zero-order valence-corrected chi connectivity index (χ0v) is 17.6. The van der Waals surface area contributed by atoms with Gasteiger partial charge in [-0.3, -0.25) is 19.2 Å². The number of esters is 2. The van der Waals surface area contributed by atoms with Crippen LogP contribution < -0.4 is 21.3 Å². The number of hydrogen-bond donors (Lipinski definition) is 4. The monoisotopic (exact) mass is 452 g/mol. The third kappa shape index (κ3) is 9.14. The summed E-state index contributed by atoms with van der Waals surface area (Å²) in [5.74, 6) is -2.27. The fourth-order valence-electron chi connectivity index (χ4n) is 3.01. The minimum absolute atomic E-state index is 0.0523. The minimum atomic E-state index is -0.720. The lowest BCUT2D eigenvalue weighted by molar-refractivity contribution is -0.140. The van der Waals surface area contributed by atoms with Crippen LogP contribution in [-0.2, 0) is 38.2 Å². The number of carbonyl (C=O) groups is 6. The molecule has 0 spiro atoms. The van der Waals surface area contributed by atoms with Gasteiger partial charge in [-0.2, -0.15) is 0 Å². The van der Waals surface area contributed by atoms with Crippen molar-refractivity contribution < 1.29 is 38.2 Å². The third-order valence-corrected chi connectivity index (χ3v) is 4.71. The Balaban J connectivity index is 1.45. The zero-order chi connectivity index (χ0) is 23.3. The second-order valence-corrected chi connectivity index (χ2v) is 7.28. The third-order valence-electron chi connectivity index (χ3n) is 4.71. The number of rotatable bonds is 12. The highest BCUT2D eigenvalue weighted by Crippen LogP contribution is 2.06. The van der Waals surface area contributed by atoms with Gasteiger partial charge in [0.05, 0.1) is 13.2 Å². The van der Waals surface area contributed by atoms with Crippen molar-refractivity contribution in [3.05, 3.63) is 12.2 Å². The van der Waals surface area contributed by atoms with Crippen molar-refractivity contribution in [3.8, 4) is 0 Å². The fraction of sp³-hybridized carbons (Fsp3) is 0.600. The Morgan fingerprint density at radius 1 is 0.781 bits per heavy atom. The number of carbonyl (C=O) groups excluding carboxylic acids is 6. The molecule has 2 unspecified atom stereocenters. The van der Waals surface area contributed by atoms with E-state index in [1.165, 1.54) is 0 Å². The molecule has 0 radical (unpaired) electrons. The van der Waals surface area contributed by atoms with E-state index in [4.69, 9.17) is 9.47 Å². The first kappa shape index (κ1) is 24.8. The molecule has 4 amide bonds. The second-order valence-electron chi connectivity index (χ2n) is 7.28. The summed E-state index contributed by atoms with van der Waals surface area (Å²) in [5, 5.41) is 10.4. The maximum Gasteiger partial charge on any atom is 0.331 e. The summed E-state index contributed by atoms with van der Waals surface area (Å²) in [6.45, 7) is 0.676. The maximum absolute atomic E-state index is 11.8. The number of hydrogen-bond acceptors (Lipinski definition) is 8. The summed E-state index contributed by atoms with van der Waals surface area (Å²) >= 11 is 0. The summed E-state index contributed by atoms with van der Waals surface area (Å²) in [6, 6.07) is -1.02. The summed E-state index contributed by atoms with van der Waals surface area (Å²) in [6.07, 6.45) is 4.26. The highest BCUT2D eigenvalue weighted by Gasteiger charge is 2.27. The molecular weight excluding hydrogens is 424 g/mol. The van der Waals surface area contributed by atoms with E-state index >= 15 is 0 Å². The van der Waals surface area contributed by atoms with Gasteiger partial charge in [0.25, 0.3) is 0 Å². The lowest BCUT2D eigenvalue weighted by atomic mass is 10.2. The van der Waals surface area contributed by atoms with Gasteiger partial charge in [0.1, 0.15) is 12.1 Å². The second kappa shape index (κ2) is 13.1. The Morgan fingerprint density at radius 3 is 1.53 bits per heavy atom. The predicted molar refractivity (Wildman–Crippen MR) is 109 cm³/mol. The van der Waals surface area contributed by atoms with Crippen LogP contribution in [0.5, 0.6) is 0 Å². The molecule has 176 valence electrons. The molecule has 2 heterocycles. The van der Waals surface area contributed by atoms with Crippen LogP contribution in [0.4, 0.5) is 0 Å². The van der Waals surface area contributed by atoms with Crippen LogP contribution in [0.3, 0.4) is 0 Å². The summed E-state index contributed by atoms with van der Waals surface area (Å²) < 4.78 is 9.82. The van der Waals surface area contributed by atoms with Gasteiger partial charge in [0, 0.05) is 38.1 Å². The topological polar surface area (TPSA) is 169 Å². The van der Waals surface area contributed by atoms with Gasteiger partial charge in [-0.1, -0.05) is 0 Å². The average Bonchev–Trinajstić information content (AvgIpc) is 3.39. The van der Waals surface area contributed by atoms with Gasteiger partial charge in [0.15, 0.2) is 0 Å². The predicted octanol–water partition coefficient (Wildman–Crippen LogP) is -1.80. The zero-order valence-electron chi connectivity index (χ0n) is 17.6. The first-order valence-corrected chi connectivity index (χ1v) is 10.5. The summed E-state index contributed by atoms with van der Waals surface area (Å²) in [7, 11) is 0. The van der Waals surface area contributed by atoms with Gasteiger partial charge in [-0.15, -0.1) is 0 Å². The number of nitrogens with one attached hydrogen (secondary N) is 4. The molecule has 0 bridgehead atoms. The van der Waals surface area contributed by atoms with E-state index in [1.54, 1.807) is 0 Å². The normalized spacial score (nSPS) is 19.9. The molecule has 2 aliphatic rings. The van der Waals surface area contributed by atoms with E-state index in [0.717, 1.165) is 12.2 Å². The molecule has 0 aromatic rings. The Labute approximate surface area is 184 Å². The van der Waals surface area contributed by atoms with Crippen LogP contribution in [-0.4, -0.2) is 74.0 Å². The van der Waals surface area contributed by atoms with Gasteiger partial charge in [-0.25, -0.2) is 9.59 Å². The van der Waals surface area contributed by atoms with Crippen LogP contribution in [0.15, 0.2) is 12.2 Å². The average molecular weight is 452 g/mol. The van der Waals surface area contributed by atoms with Crippen molar-refractivity contribution in [1.29, 1.82) is 0 Å². The quantitative estimate of drug-likeness (QED) is 0.153. The molecule has 2 atom stereocenters. The Hall–Kier alpha value is -3.44. The van der Waals surface area contributed by atoms with E-state index in [-0.39, 0.29) is 49.9 Å². The largest absolute Gasteiger partial charge is 0.462 e. The van der Waals surface area contributed by atoms with Gasteiger partial charge in [0.2, 0.25) is 23.6 Å². The molecule has 4 N–H and O–H groups in total. The van der Waals surface area contributed by atoms with Crippen LogP contribution in [0, 0.1) is 0 Å². The SMILES string of the molecule is O=C1CCC(C(=O)NCCCOC(=O)/C=C/C(=O)OCCCNC(=O)C2CCC(=O)N2)N1. The fourth-order valence-corrected chi connectivity index (χ4v) is 3.01. The van der Waals surface area contributed by atoms with Crippen LogP contribution in [0.1, 0.15) is 38.5 Å². The number of amides is 4. The van der Waals surface area contributed by atoms with Crippen LogP contribution in [0.25, 0.3) is 0 Å². The molecule has 0 aliphatic carbocycles. The van der Waals surface area contributed by atoms with Crippen molar-refractivity contribution in [2.24, 2.45) is 0 Å². The Bertz CT molecular complexity index is 705. The highest BCUT2D eigenvalue weighted by atomic mass is 16.5. The van der Waals surface area contributed by atoms with Gasteiger partial charge in [-0.05, 0) is 25.7 Å². The molecule has 2 fully saturated rings. The van der Waals surface area contributed by atoms with Crippen LogP contribution >= 0.6 is 0 Å². The van der Waals surface area contributed by atoms with E-state index in [9.17, 15) is 28.8 Å². The highest BCUT2D eigenvalue weighted by molar-refractivity contribution is 5.92. The molecule has 0 aromatic heterocycles. The molecule has 2 rings (SSSR count). The first-order chi connectivity index (χ1) is 15.3. The van der Waals surface area contributed by atoms with Crippen LogP contribution in [0.2, 0.25) is 0 Å². The minimum Gasteiger partial charge on any atom is -0.462 e. The molecule has 2 saturated heterocycles. The smallest absolute Gasteiger partial charge is 0.331 e. The summed E-state index contributed by atoms with van der Waals surface area (Å²) in [4.78, 5) is 68.8. The standard InChI is InChI=1S/C20H28N4O8/c25-15-5-3-13(23-15)19(29)21-9-1-11-31-17(27)7-8-18(28)32-12-2-10-22-20(30)14-4-6-16(26)24-14/h7-8,13-14H,1-6,9-12H2,(H,21,29)(H,22,30)(H,23,25)(H,24,26)/b8-7+. The van der Waals surface area contributed by atoms with Crippen molar-refractivity contribution in [3.63, 3.8) is 0 Å². The van der Waals surface area contributed by atoms with E-state index in [2.05, 4.69) is 21.3 Å². The maximum atomic E-state index is 11.8. The van der Waals surface area contributed by atoms with Crippen molar-refractivity contribution in [2.45, 2.75) is 50.6 Å². The van der Waals surface area contributed by atoms with Crippen molar-refractivity contribution in [1.82, 2.24) is 21.3 Å². The molecule has 0 saturated carbocycles. The Morgan fingerprint density at radius 2 is 1.19 bits per heavy atom. The van der Waals surface area contributed by atoms with E-state index < -0.39 is 24.0 Å². The van der Waals surface area contributed by atoms with E-state index in [1.807, 2.05) is 0 Å². The molecule has 32 heavy (non-hydrogen) atoms. The lowest BCUT2D eigenvalue weighted by Crippen LogP contribution is -2.42. The number of ether oxygens (including phenoxy) is 2. The molecule has 12 nitrogen and oxygen atoms in total. The molecule has 0 aromatic carbocycles.